The van der Waals surface area contributed by atoms with Gasteiger partial charge in [0.15, 0.2) is 5.13 Å². The Morgan fingerprint density at radius 3 is 2.67 bits per heavy atom. The molecule has 0 bridgehead atoms. The van der Waals surface area contributed by atoms with E-state index in [1.165, 1.54) is 16.9 Å². The zero-order valence-electron chi connectivity index (χ0n) is 16.0. The van der Waals surface area contributed by atoms with Crippen molar-refractivity contribution in [3.63, 3.8) is 0 Å². The molecule has 5 nitrogen and oxygen atoms in total. The molecule has 1 aromatic carbocycles. The predicted octanol–water partition coefficient (Wildman–Crippen LogP) is 3.76. The molecule has 0 radical (unpaired) electrons. The molecule has 2 amide bonds. The maximum atomic E-state index is 12.7. The van der Waals surface area contributed by atoms with Gasteiger partial charge in [0.05, 0.1) is 12.3 Å². The van der Waals surface area contributed by atoms with Gasteiger partial charge in [-0.1, -0.05) is 38.1 Å². The van der Waals surface area contributed by atoms with Crippen molar-refractivity contribution in [2.45, 2.75) is 39.5 Å². The van der Waals surface area contributed by atoms with Gasteiger partial charge in [0.1, 0.15) is 0 Å². The minimum Gasteiger partial charge on any atom is -0.342 e. The molecule has 6 heteroatoms. The number of amides is 2. The molecule has 144 valence electrons. The topological polar surface area (TPSA) is 62.3 Å². The molecular weight excluding hydrogens is 358 g/mol. The highest BCUT2D eigenvalue weighted by atomic mass is 32.1. The lowest BCUT2D eigenvalue weighted by atomic mass is 9.96. The van der Waals surface area contributed by atoms with Crippen molar-refractivity contribution in [2.75, 3.05) is 18.4 Å². The number of carbonyl (C=O) groups is 2. The number of aromatic nitrogens is 1. The third-order valence-electron chi connectivity index (χ3n) is 4.83. The lowest BCUT2D eigenvalue weighted by Gasteiger charge is -2.32. The van der Waals surface area contributed by atoms with Gasteiger partial charge in [0, 0.05) is 24.7 Å². The van der Waals surface area contributed by atoms with Crippen LogP contribution in [0, 0.1) is 11.8 Å². The molecule has 1 unspecified atom stereocenters. The maximum absolute atomic E-state index is 12.7. The van der Waals surface area contributed by atoms with Crippen LogP contribution in [0.2, 0.25) is 0 Å². The van der Waals surface area contributed by atoms with E-state index in [4.69, 9.17) is 0 Å². The minimum absolute atomic E-state index is 0.0412. The summed E-state index contributed by atoms with van der Waals surface area (Å²) in [5.74, 6) is 0.511. The third-order valence-corrected chi connectivity index (χ3v) is 5.52. The van der Waals surface area contributed by atoms with Crippen molar-refractivity contribution in [2.24, 2.45) is 11.8 Å². The van der Waals surface area contributed by atoms with Gasteiger partial charge in [0.2, 0.25) is 11.8 Å². The summed E-state index contributed by atoms with van der Waals surface area (Å²) in [6.45, 7) is 5.62. The Morgan fingerprint density at radius 2 is 2.00 bits per heavy atom. The molecule has 2 heterocycles. The van der Waals surface area contributed by atoms with Crippen LogP contribution >= 0.6 is 11.3 Å². The molecule has 1 aromatic heterocycles. The SMILES string of the molecule is CC(C)Cc1ccc(CC(=O)N2CCCC(C(=O)Nc3nccs3)C2)cc1. The zero-order chi connectivity index (χ0) is 19.2. The number of hydrogen-bond donors (Lipinski definition) is 1. The quantitative estimate of drug-likeness (QED) is 0.823. The van der Waals surface area contributed by atoms with E-state index in [0.29, 0.717) is 24.0 Å². The summed E-state index contributed by atoms with van der Waals surface area (Å²) in [5, 5.41) is 5.30. The first-order valence-electron chi connectivity index (χ1n) is 9.57. The van der Waals surface area contributed by atoms with Crippen molar-refractivity contribution >= 4 is 28.3 Å². The first-order chi connectivity index (χ1) is 13.0. The Bertz CT molecular complexity index is 756. The zero-order valence-corrected chi connectivity index (χ0v) is 16.8. The highest BCUT2D eigenvalue weighted by molar-refractivity contribution is 7.13. The number of anilines is 1. The van der Waals surface area contributed by atoms with Crippen LogP contribution in [0.5, 0.6) is 0 Å². The fourth-order valence-corrected chi connectivity index (χ4v) is 3.99. The number of carbonyl (C=O) groups excluding carboxylic acids is 2. The van der Waals surface area contributed by atoms with Crippen LogP contribution in [0.15, 0.2) is 35.8 Å². The summed E-state index contributed by atoms with van der Waals surface area (Å²) in [6.07, 6.45) is 4.78. The molecule has 27 heavy (non-hydrogen) atoms. The summed E-state index contributed by atoms with van der Waals surface area (Å²) in [4.78, 5) is 31.1. The van der Waals surface area contributed by atoms with Gasteiger partial charge in [0.25, 0.3) is 0 Å². The molecule has 3 rings (SSSR count). The minimum atomic E-state index is -0.167. The molecule has 1 saturated heterocycles. The monoisotopic (exact) mass is 385 g/mol. The number of thiazole rings is 1. The molecule has 2 aromatic rings. The van der Waals surface area contributed by atoms with Gasteiger partial charge in [-0.3, -0.25) is 9.59 Å². The average molecular weight is 386 g/mol. The van der Waals surface area contributed by atoms with E-state index < -0.39 is 0 Å². The molecule has 1 N–H and O–H groups in total. The predicted molar refractivity (Wildman–Crippen MR) is 109 cm³/mol. The Labute approximate surface area is 164 Å². The molecule has 1 aliphatic rings. The van der Waals surface area contributed by atoms with Crippen LogP contribution < -0.4 is 5.32 Å². The van der Waals surface area contributed by atoms with Crippen molar-refractivity contribution in [1.82, 2.24) is 9.88 Å². The normalized spacial score (nSPS) is 17.1. The fraction of sp³-hybridized carbons (Fsp3) is 0.476. The van der Waals surface area contributed by atoms with Crippen LogP contribution in [-0.2, 0) is 22.4 Å². The largest absolute Gasteiger partial charge is 0.342 e. The first kappa shape index (κ1) is 19.5. The number of benzene rings is 1. The standard InChI is InChI=1S/C21H27N3O2S/c1-15(2)12-16-5-7-17(8-6-16)13-19(25)24-10-3-4-18(14-24)20(26)23-21-22-9-11-27-21/h5-9,11,15,18H,3-4,10,12-14H2,1-2H3,(H,22,23,26). The maximum Gasteiger partial charge on any atom is 0.231 e. The van der Waals surface area contributed by atoms with Gasteiger partial charge in [-0.15, -0.1) is 11.3 Å². The molecule has 0 saturated carbocycles. The number of rotatable bonds is 6. The van der Waals surface area contributed by atoms with Crippen LogP contribution in [0.4, 0.5) is 5.13 Å². The summed E-state index contributed by atoms with van der Waals surface area (Å²) < 4.78 is 0. The first-order valence-corrected chi connectivity index (χ1v) is 10.4. The van der Waals surface area contributed by atoms with Gasteiger partial charge in [-0.25, -0.2) is 4.98 Å². The van der Waals surface area contributed by atoms with Gasteiger partial charge >= 0.3 is 0 Å². The molecular formula is C21H27N3O2S. The smallest absolute Gasteiger partial charge is 0.231 e. The Balaban J connectivity index is 1.54. The summed E-state index contributed by atoms with van der Waals surface area (Å²) in [7, 11) is 0. The lowest BCUT2D eigenvalue weighted by Crippen LogP contribution is -2.44. The van der Waals surface area contributed by atoms with Crippen LogP contribution in [0.25, 0.3) is 0 Å². The van der Waals surface area contributed by atoms with E-state index >= 15 is 0 Å². The van der Waals surface area contributed by atoms with Crippen molar-refractivity contribution in [3.05, 3.63) is 47.0 Å². The highest BCUT2D eigenvalue weighted by Crippen LogP contribution is 2.21. The molecule has 1 fully saturated rings. The molecule has 1 atom stereocenters. The van der Waals surface area contributed by atoms with E-state index in [2.05, 4.69) is 36.3 Å². The molecule has 1 aliphatic heterocycles. The Hall–Kier alpha value is -2.21. The highest BCUT2D eigenvalue weighted by Gasteiger charge is 2.28. The second kappa shape index (κ2) is 9.13. The Morgan fingerprint density at radius 1 is 1.26 bits per heavy atom. The van der Waals surface area contributed by atoms with E-state index in [-0.39, 0.29) is 17.7 Å². The molecule has 0 spiro atoms. The van der Waals surface area contributed by atoms with E-state index in [0.717, 1.165) is 31.4 Å². The summed E-state index contributed by atoms with van der Waals surface area (Å²) >= 11 is 1.41. The lowest BCUT2D eigenvalue weighted by molar-refractivity contribution is -0.133. The Kier molecular flexibility index (Phi) is 6.61. The van der Waals surface area contributed by atoms with E-state index in [1.807, 2.05) is 22.4 Å². The summed E-state index contributed by atoms with van der Waals surface area (Å²) in [6, 6.07) is 8.32. The average Bonchev–Trinajstić information content (AvgIpc) is 3.16. The fourth-order valence-electron chi connectivity index (χ4n) is 3.46. The van der Waals surface area contributed by atoms with E-state index in [9.17, 15) is 9.59 Å². The van der Waals surface area contributed by atoms with Gasteiger partial charge < -0.3 is 10.2 Å². The van der Waals surface area contributed by atoms with Crippen LogP contribution in [0.3, 0.4) is 0 Å². The molecule has 0 aliphatic carbocycles. The van der Waals surface area contributed by atoms with Crippen LogP contribution in [0.1, 0.15) is 37.8 Å². The second-order valence-electron chi connectivity index (χ2n) is 7.60. The van der Waals surface area contributed by atoms with Crippen molar-refractivity contribution < 1.29 is 9.59 Å². The third kappa shape index (κ3) is 5.63. The van der Waals surface area contributed by atoms with Gasteiger partial charge in [-0.2, -0.15) is 0 Å². The number of likely N-dealkylation sites (tertiary alicyclic amines) is 1. The van der Waals surface area contributed by atoms with E-state index in [1.54, 1.807) is 6.20 Å². The number of nitrogens with zero attached hydrogens (tertiary/aromatic N) is 2. The van der Waals surface area contributed by atoms with Gasteiger partial charge in [-0.05, 0) is 36.3 Å². The van der Waals surface area contributed by atoms with Crippen molar-refractivity contribution in [1.29, 1.82) is 0 Å². The number of hydrogen-bond acceptors (Lipinski definition) is 4. The van der Waals surface area contributed by atoms with Crippen molar-refractivity contribution in [3.8, 4) is 0 Å². The number of nitrogens with one attached hydrogen (secondary N) is 1. The van der Waals surface area contributed by atoms with Crippen LogP contribution in [-0.4, -0.2) is 34.8 Å². The summed E-state index contributed by atoms with van der Waals surface area (Å²) in [5.41, 5.74) is 2.33. The second-order valence-corrected chi connectivity index (χ2v) is 8.49. The number of piperidine rings is 1.